The SMILES string of the molecule is C[C@H]1CC(=O)Nc2ccccc2N1C(=O)CN1CCN(c2ncc(C(F)(F)F)cc2Cl)CC1. The van der Waals surface area contributed by atoms with Crippen molar-refractivity contribution in [3.05, 3.63) is 47.1 Å². The molecule has 11 heteroatoms. The highest BCUT2D eigenvalue weighted by Gasteiger charge is 2.33. The van der Waals surface area contributed by atoms with E-state index in [2.05, 4.69) is 10.3 Å². The van der Waals surface area contributed by atoms with E-state index in [0.29, 0.717) is 43.4 Å². The Kier molecular flexibility index (Phi) is 6.49. The number of halogens is 4. The highest BCUT2D eigenvalue weighted by Crippen LogP contribution is 2.34. The minimum Gasteiger partial charge on any atom is -0.353 e. The quantitative estimate of drug-likeness (QED) is 0.725. The maximum atomic E-state index is 13.2. The zero-order chi connectivity index (χ0) is 23.8. The van der Waals surface area contributed by atoms with Gasteiger partial charge in [-0.3, -0.25) is 14.5 Å². The van der Waals surface area contributed by atoms with Crippen molar-refractivity contribution < 1.29 is 22.8 Å². The number of nitrogens with zero attached hydrogens (tertiary/aromatic N) is 4. The molecule has 1 N–H and O–H groups in total. The second-order valence-corrected chi connectivity index (χ2v) is 8.58. The number of benzene rings is 1. The lowest BCUT2D eigenvalue weighted by Gasteiger charge is -2.37. The van der Waals surface area contributed by atoms with Gasteiger partial charge in [0.25, 0.3) is 0 Å². The van der Waals surface area contributed by atoms with Gasteiger partial charge in [-0.1, -0.05) is 23.7 Å². The van der Waals surface area contributed by atoms with Gasteiger partial charge in [0.15, 0.2) is 0 Å². The Morgan fingerprint density at radius 2 is 1.91 bits per heavy atom. The average molecular weight is 482 g/mol. The Labute approximate surface area is 194 Å². The topological polar surface area (TPSA) is 68.8 Å². The molecule has 33 heavy (non-hydrogen) atoms. The number of rotatable bonds is 3. The Morgan fingerprint density at radius 3 is 2.58 bits per heavy atom. The summed E-state index contributed by atoms with van der Waals surface area (Å²) in [6.45, 7) is 3.98. The number of alkyl halides is 3. The second kappa shape index (κ2) is 9.18. The van der Waals surface area contributed by atoms with Crippen LogP contribution in [0.5, 0.6) is 0 Å². The van der Waals surface area contributed by atoms with Crippen molar-refractivity contribution in [3.8, 4) is 0 Å². The summed E-state index contributed by atoms with van der Waals surface area (Å²) < 4.78 is 38.6. The molecule has 0 aliphatic carbocycles. The number of carbonyl (C=O) groups is 2. The number of para-hydroxylation sites is 2. The third-order valence-corrected chi connectivity index (χ3v) is 6.09. The second-order valence-electron chi connectivity index (χ2n) is 8.17. The van der Waals surface area contributed by atoms with Crippen LogP contribution >= 0.6 is 11.6 Å². The number of nitrogens with one attached hydrogen (secondary N) is 1. The third kappa shape index (κ3) is 5.06. The number of amides is 2. The number of hydrogen-bond donors (Lipinski definition) is 1. The summed E-state index contributed by atoms with van der Waals surface area (Å²) in [5, 5.41) is 2.79. The number of anilines is 3. The predicted octanol–water partition coefficient (Wildman–Crippen LogP) is 3.64. The monoisotopic (exact) mass is 481 g/mol. The summed E-state index contributed by atoms with van der Waals surface area (Å²) in [6.07, 6.45) is -3.52. The molecule has 0 saturated carbocycles. The predicted molar refractivity (Wildman–Crippen MR) is 120 cm³/mol. The largest absolute Gasteiger partial charge is 0.417 e. The zero-order valence-electron chi connectivity index (χ0n) is 17.9. The van der Waals surface area contributed by atoms with Crippen molar-refractivity contribution in [1.29, 1.82) is 0 Å². The van der Waals surface area contributed by atoms with Crippen molar-refractivity contribution >= 4 is 40.6 Å². The molecule has 1 saturated heterocycles. The van der Waals surface area contributed by atoms with Gasteiger partial charge < -0.3 is 15.1 Å². The Balaban J connectivity index is 1.41. The smallest absolute Gasteiger partial charge is 0.353 e. The summed E-state index contributed by atoms with van der Waals surface area (Å²) in [6, 6.07) is 7.79. The highest BCUT2D eigenvalue weighted by atomic mass is 35.5. The van der Waals surface area contributed by atoms with Crippen LogP contribution in [0.15, 0.2) is 36.5 Å². The summed E-state index contributed by atoms with van der Waals surface area (Å²) in [4.78, 5) is 34.7. The van der Waals surface area contributed by atoms with Crippen LogP contribution in [0, 0.1) is 0 Å². The van der Waals surface area contributed by atoms with Gasteiger partial charge in [-0.2, -0.15) is 13.2 Å². The molecular formula is C22H23ClF3N5O2. The van der Waals surface area contributed by atoms with Crippen LogP contribution in [0.25, 0.3) is 0 Å². The molecule has 2 aromatic rings. The van der Waals surface area contributed by atoms with Gasteiger partial charge in [0, 0.05) is 44.8 Å². The fraction of sp³-hybridized carbons (Fsp3) is 0.409. The first-order valence-corrected chi connectivity index (χ1v) is 10.9. The molecular weight excluding hydrogens is 459 g/mol. The first-order valence-electron chi connectivity index (χ1n) is 10.5. The maximum absolute atomic E-state index is 13.2. The first-order chi connectivity index (χ1) is 15.6. The fourth-order valence-corrected chi connectivity index (χ4v) is 4.46. The number of pyridine rings is 1. The molecule has 0 unspecified atom stereocenters. The van der Waals surface area contributed by atoms with Gasteiger partial charge in [0.2, 0.25) is 11.8 Å². The lowest BCUT2D eigenvalue weighted by Crippen LogP contribution is -2.51. The van der Waals surface area contributed by atoms with Crippen LogP contribution in [0.3, 0.4) is 0 Å². The van der Waals surface area contributed by atoms with Crippen molar-refractivity contribution in [3.63, 3.8) is 0 Å². The van der Waals surface area contributed by atoms with E-state index in [1.54, 1.807) is 17.0 Å². The summed E-state index contributed by atoms with van der Waals surface area (Å²) >= 11 is 6.07. The standard InChI is InChI=1S/C22H23ClF3N5O2/c1-14-10-19(32)28-17-4-2-3-5-18(17)31(14)20(33)13-29-6-8-30(9-7-29)21-16(23)11-15(12-27-21)22(24,25)26/h2-5,11-12,14H,6-10,13H2,1H3,(H,28,32)/t14-/m0/s1. The van der Waals surface area contributed by atoms with E-state index in [1.807, 2.05) is 28.9 Å². The molecule has 1 aromatic heterocycles. The van der Waals surface area contributed by atoms with E-state index in [4.69, 9.17) is 11.6 Å². The van der Waals surface area contributed by atoms with Crippen molar-refractivity contribution in [2.45, 2.75) is 25.6 Å². The summed E-state index contributed by atoms with van der Waals surface area (Å²) in [7, 11) is 0. The molecule has 2 amide bonds. The molecule has 1 fully saturated rings. The van der Waals surface area contributed by atoms with Gasteiger partial charge in [0.1, 0.15) is 5.82 Å². The van der Waals surface area contributed by atoms with Gasteiger partial charge in [-0.25, -0.2) is 4.98 Å². The van der Waals surface area contributed by atoms with Crippen LogP contribution < -0.4 is 15.1 Å². The summed E-state index contributed by atoms with van der Waals surface area (Å²) in [5.74, 6) is 0.0423. The van der Waals surface area contributed by atoms with E-state index in [1.165, 1.54) is 0 Å². The van der Waals surface area contributed by atoms with E-state index in [0.717, 1.165) is 12.3 Å². The molecule has 0 radical (unpaired) electrons. The van der Waals surface area contributed by atoms with Crippen molar-refractivity contribution in [2.24, 2.45) is 0 Å². The van der Waals surface area contributed by atoms with Crippen LogP contribution in [0.4, 0.5) is 30.4 Å². The van der Waals surface area contributed by atoms with Crippen LogP contribution in [-0.2, 0) is 15.8 Å². The molecule has 2 aliphatic heterocycles. The van der Waals surface area contributed by atoms with Gasteiger partial charge in [-0.05, 0) is 25.1 Å². The maximum Gasteiger partial charge on any atom is 0.417 e. The van der Waals surface area contributed by atoms with Gasteiger partial charge in [0.05, 0.1) is 28.5 Å². The molecule has 1 aromatic carbocycles. The highest BCUT2D eigenvalue weighted by molar-refractivity contribution is 6.33. The van der Waals surface area contributed by atoms with E-state index in [-0.39, 0.29) is 35.8 Å². The minimum atomic E-state index is -4.50. The average Bonchev–Trinajstić information content (AvgIpc) is 2.87. The molecule has 2 aliphatic rings. The molecule has 0 bridgehead atoms. The van der Waals surface area contributed by atoms with E-state index >= 15 is 0 Å². The number of fused-ring (bicyclic) bond motifs is 1. The Bertz CT molecular complexity index is 1060. The minimum absolute atomic E-state index is 0.0542. The molecule has 7 nitrogen and oxygen atoms in total. The molecule has 176 valence electrons. The molecule has 4 rings (SSSR count). The number of aromatic nitrogens is 1. The number of carbonyl (C=O) groups excluding carboxylic acids is 2. The van der Waals surface area contributed by atoms with Crippen LogP contribution in [-0.4, -0.2) is 60.5 Å². The Morgan fingerprint density at radius 1 is 1.21 bits per heavy atom. The number of hydrogen-bond acceptors (Lipinski definition) is 5. The lowest BCUT2D eigenvalue weighted by molar-refractivity contribution is -0.137. The van der Waals surface area contributed by atoms with Gasteiger partial charge >= 0.3 is 6.18 Å². The Hall–Kier alpha value is -2.85. The van der Waals surface area contributed by atoms with Crippen molar-refractivity contribution in [1.82, 2.24) is 9.88 Å². The van der Waals surface area contributed by atoms with E-state index in [9.17, 15) is 22.8 Å². The normalized spacial score (nSPS) is 19.7. The first kappa shape index (κ1) is 23.3. The van der Waals surface area contributed by atoms with Crippen LogP contribution in [0.1, 0.15) is 18.9 Å². The van der Waals surface area contributed by atoms with E-state index < -0.39 is 11.7 Å². The third-order valence-electron chi connectivity index (χ3n) is 5.81. The molecule has 3 heterocycles. The summed E-state index contributed by atoms with van der Waals surface area (Å²) in [5.41, 5.74) is 0.383. The molecule has 1 atom stereocenters. The van der Waals surface area contributed by atoms with Crippen LogP contribution in [0.2, 0.25) is 5.02 Å². The zero-order valence-corrected chi connectivity index (χ0v) is 18.7. The number of piperazine rings is 1. The van der Waals surface area contributed by atoms with Crippen molar-refractivity contribution in [2.75, 3.05) is 47.8 Å². The van der Waals surface area contributed by atoms with Gasteiger partial charge in [-0.15, -0.1) is 0 Å². The fourth-order valence-electron chi connectivity index (χ4n) is 4.17. The lowest BCUT2D eigenvalue weighted by atomic mass is 10.1. The molecule has 0 spiro atoms.